The molecule has 0 radical (unpaired) electrons. The van der Waals surface area contributed by atoms with Crippen LogP contribution in [0.1, 0.15) is 23.6 Å². The molecule has 0 spiro atoms. The molecule has 0 unspecified atom stereocenters. The van der Waals surface area contributed by atoms with Crippen molar-refractivity contribution in [3.8, 4) is 5.75 Å². The summed E-state index contributed by atoms with van der Waals surface area (Å²) in [4.78, 5) is 15.8. The lowest BCUT2D eigenvalue weighted by Gasteiger charge is -2.13. The van der Waals surface area contributed by atoms with E-state index in [1.165, 1.54) is 5.56 Å². The van der Waals surface area contributed by atoms with E-state index in [9.17, 15) is 4.79 Å². The summed E-state index contributed by atoms with van der Waals surface area (Å²) in [6, 6.07) is 16.0. The van der Waals surface area contributed by atoms with Crippen LogP contribution in [0.2, 0.25) is 0 Å². The Morgan fingerprint density at radius 1 is 1.08 bits per heavy atom. The van der Waals surface area contributed by atoms with E-state index in [-0.39, 0.29) is 5.91 Å². The van der Waals surface area contributed by atoms with Crippen LogP contribution >= 0.6 is 12.2 Å². The highest BCUT2D eigenvalue weighted by molar-refractivity contribution is 7.80. The van der Waals surface area contributed by atoms with Gasteiger partial charge in [-0.25, -0.2) is 0 Å². The highest BCUT2D eigenvalue weighted by Gasteiger charge is 2.34. The molecule has 1 amide bonds. The third-order valence-electron chi connectivity index (χ3n) is 4.37. The monoisotopic (exact) mass is 366 g/mol. The largest absolute Gasteiger partial charge is 0.489 e. The Balaban J connectivity index is 1.68. The maximum atomic E-state index is 12.4. The second-order valence-electron chi connectivity index (χ2n) is 6.26. The molecule has 0 bridgehead atoms. The van der Waals surface area contributed by atoms with Gasteiger partial charge in [0.2, 0.25) is 0 Å². The number of aryl methyl sites for hydroxylation is 1. The first-order valence-corrected chi connectivity index (χ1v) is 9.00. The number of hydrogen-bond donors (Lipinski definition) is 0. The first-order chi connectivity index (χ1) is 12.5. The molecule has 1 heterocycles. The van der Waals surface area contributed by atoms with Gasteiger partial charge in [-0.15, -0.1) is 0 Å². The highest BCUT2D eigenvalue weighted by atomic mass is 32.1. The molecule has 134 valence electrons. The van der Waals surface area contributed by atoms with E-state index in [0.29, 0.717) is 24.0 Å². The number of hydrogen-bond acceptors (Lipinski definition) is 3. The van der Waals surface area contributed by atoms with Crippen molar-refractivity contribution in [1.82, 2.24) is 9.80 Å². The molecule has 3 rings (SSSR count). The van der Waals surface area contributed by atoms with Gasteiger partial charge in [0.15, 0.2) is 5.11 Å². The molecule has 1 saturated heterocycles. The van der Waals surface area contributed by atoms with Crippen molar-refractivity contribution in [2.24, 2.45) is 0 Å². The maximum Gasteiger partial charge on any atom is 0.276 e. The van der Waals surface area contributed by atoms with E-state index in [0.717, 1.165) is 16.9 Å². The number of nitrogens with zero attached hydrogens (tertiary/aromatic N) is 2. The molecule has 0 saturated carbocycles. The summed E-state index contributed by atoms with van der Waals surface area (Å²) < 4.78 is 5.82. The average molecular weight is 366 g/mol. The van der Waals surface area contributed by atoms with Gasteiger partial charge in [-0.05, 0) is 55.4 Å². The summed E-state index contributed by atoms with van der Waals surface area (Å²) in [7, 11) is 1.82. The minimum Gasteiger partial charge on any atom is -0.489 e. The van der Waals surface area contributed by atoms with Crippen molar-refractivity contribution in [2.45, 2.75) is 20.5 Å². The summed E-state index contributed by atoms with van der Waals surface area (Å²) >= 11 is 5.31. The lowest BCUT2D eigenvalue weighted by atomic mass is 10.1. The van der Waals surface area contributed by atoms with Gasteiger partial charge in [0.05, 0.1) is 0 Å². The van der Waals surface area contributed by atoms with Crippen molar-refractivity contribution >= 4 is 29.3 Å². The van der Waals surface area contributed by atoms with Crippen LogP contribution in [0.4, 0.5) is 0 Å². The quantitative estimate of drug-likeness (QED) is 0.592. The fraction of sp³-hybridized carbons (Fsp3) is 0.238. The second-order valence-corrected chi connectivity index (χ2v) is 6.63. The summed E-state index contributed by atoms with van der Waals surface area (Å²) in [5.41, 5.74) is 3.89. The number of likely N-dealkylation sites (N-methyl/N-ethyl adjacent to an activating group) is 2. The molecule has 1 aliphatic heterocycles. The molecule has 2 aromatic rings. The predicted molar refractivity (Wildman–Crippen MR) is 108 cm³/mol. The molecule has 5 heteroatoms. The molecule has 4 nitrogen and oxygen atoms in total. The number of amides is 1. The van der Waals surface area contributed by atoms with E-state index in [1.807, 2.05) is 44.3 Å². The minimum atomic E-state index is -0.0558. The Hall–Kier alpha value is -2.66. The van der Waals surface area contributed by atoms with Gasteiger partial charge in [0, 0.05) is 13.6 Å². The third kappa shape index (κ3) is 3.78. The van der Waals surface area contributed by atoms with Crippen LogP contribution in [0.15, 0.2) is 54.2 Å². The fourth-order valence-electron chi connectivity index (χ4n) is 2.76. The number of rotatable bonds is 5. The molecule has 0 aliphatic carbocycles. The van der Waals surface area contributed by atoms with Gasteiger partial charge in [-0.2, -0.15) is 0 Å². The number of thiocarbonyl (C=S) groups is 1. The third-order valence-corrected chi connectivity index (χ3v) is 4.86. The SMILES string of the molecule is CCN1C(=O)/C(=C/c2ccc(OCc3ccc(C)cc3)cc2)N(C)C1=S. The van der Waals surface area contributed by atoms with E-state index >= 15 is 0 Å². The van der Waals surface area contributed by atoms with Gasteiger partial charge >= 0.3 is 0 Å². The van der Waals surface area contributed by atoms with Crippen LogP contribution in [0, 0.1) is 6.92 Å². The van der Waals surface area contributed by atoms with E-state index in [4.69, 9.17) is 17.0 Å². The van der Waals surface area contributed by atoms with Crippen molar-refractivity contribution in [3.05, 3.63) is 70.9 Å². The second kappa shape index (κ2) is 7.70. The number of benzene rings is 2. The predicted octanol–water partition coefficient (Wildman–Crippen LogP) is 3.99. The summed E-state index contributed by atoms with van der Waals surface area (Å²) in [6.07, 6.45) is 1.86. The zero-order valence-corrected chi connectivity index (χ0v) is 16.0. The van der Waals surface area contributed by atoms with Crippen molar-refractivity contribution in [3.63, 3.8) is 0 Å². The Morgan fingerprint density at radius 3 is 2.31 bits per heavy atom. The van der Waals surface area contributed by atoms with Gasteiger partial charge in [-0.3, -0.25) is 9.69 Å². The molecule has 2 aromatic carbocycles. The Bertz CT molecular complexity index is 841. The minimum absolute atomic E-state index is 0.0558. The number of ether oxygens (including phenoxy) is 1. The number of carbonyl (C=O) groups is 1. The van der Waals surface area contributed by atoms with Crippen LogP contribution in [-0.2, 0) is 11.4 Å². The van der Waals surface area contributed by atoms with Crippen molar-refractivity contribution in [2.75, 3.05) is 13.6 Å². The van der Waals surface area contributed by atoms with Gasteiger partial charge in [0.25, 0.3) is 5.91 Å². The summed E-state index contributed by atoms with van der Waals surface area (Å²) in [6.45, 7) is 5.09. The van der Waals surface area contributed by atoms with E-state index < -0.39 is 0 Å². The Morgan fingerprint density at radius 2 is 1.73 bits per heavy atom. The molecule has 1 fully saturated rings. The van der Waals surface area contributed by atoms with Crippen LogP contribution in [0.5, 0.6) is 5.75 Å². The van der Waals surface area contributed by atoms with Gasteiger partial charge in [-0.1, -0.05) is 42.0 Å². The normalized spacial score (nSPS) is 15.9. The lowest BCUT2D eigenvalue weighted by Crippen LogP contribution is -2.30. The van der Waals surface area contributed by atoms with Crippen LogP contribution in [0.25, 0.3) is 6.08 Å². The molecular weight excluding hydrogens is 344 g/mol. The molecule has 26 heavy (non-hydrogen) atoms. The molecule has 0 aromatic heterocycles. The Kier molecular flexibility index (Phi) is 5.38. The molecule has 0 atom stereocenters. The van der Waals surface area contributed by atoms with Gasteiger partial charge < -0.3 is 9.64 Å². The highest BCUT2D eigenvalue weighted by Crippen LogP contribution is 2.23. The fourth-order valence-corrected chi connectivity index (χ4v) is 3.07. The standard InChI is InChI=1S/C21H22N2O2S/c1-4-23-20(24)19(22(3)21(23)26)13-16-9-11-18(12-10-16)25-14-17-7-5-15(2)6-8-17/h5-13H,4,14H2,1-3H3/b19-13-. The van der Waals surface area contributed by atoms with E-state index in [2.05, 4.69) is 31.2 Å². The van der Waals surface area contributed by atoms with Crippen LogP contribution in [0.3, 0.4) is 0 Å². The topological polar surface area (TPSA) is 32.8 Å². The zero-order valence-electron chi connectivity index (χ0n) is 15.2. The Labute approximate surface area is 159 Å². The zero-order chi connectivity index (χ0) is 18.7. The van der Waals surface area contributed by atoms with Crippen molar-refractivity contribution < 1.29 is 9.53 Å². The van der Waals surface area contributed by atoms with Crippen LogP contribution < -0.4 is 4.74 Å². The first kappa shape index (κ1) is 18.1. The first-order valence-electron chi connectivity index (χ1n) is 8.59. The molecule has 1 aliphatic rings. The lowest BCUT2D eigenvalue weighted by molar-refractivity contribution is -0.122. The molecular formula is C21H22N2O2S. The molecule has 0 N–H and O–H groups in total. The van der Waals surface area contributed by atoms with E-state index in [1.54, 1.807) is 9.80 Å². The summed E-state index contributed by atoms with van der Waals surface area (Å²) in [5.74, 6) is 0.740. The smallest absolute Gasteiger partial charge is 0.276 e. The van der Waals surface area contributed by atoms with Gasteiger partial charge in [0.1, 0.15) is 18.1 Å². The average Bonchev–Trinajstić information content (AvgIpc) is 2.85. The maximum absolute atomic E-state index is 12.4. The van der Waals surface area contributed by atoms with Crippen LogP contribution in [-0.4, -0.2) is 34.4 Å². The number of carbonyl (C=O) groups excluding carboxylic acids is 1. The van der Waals surface area contributed by atoms with Crippen molar-refractivity contribution in [1.29, 1.82) is 0 Å². The summed E-state index contributed by atoms with van der Waals surface area (Å²) in [5, 5.41) is 0.543.